The normalized spacial score (nSPS) is 14.2. The molecule has 1 aliphatic rings. The van der Waals surface area contributed by atoms with Crippen molar-refractivity contribution in [1.29, 1.82) is 0 Å². The first-order chi connectivity index (χ1) is 9.54. The Morgan fingerprint density at radius 1 is 1.35 bits per heavy atom. The predicted molar refractivity (Wildman–Crippen MR) is 83.3 cm³/mol. The van der Waals surface area contributed by atoms with Gasteiger partial charge in [-0.1, -0.05) is 6.07 Å². The van der Waals surface area contributed by atoms with Gasteiger partial charge in [-0.05, 0) is 64.2 Å². The Morgan fingerprint density at radius 3 is 2.85 bits per heavy atom. The van der Waals surface area contributed by atoms with Gasteiger partial charge in [-0.2, -0.15) is 0 Å². The van der Waals surface area contributed by atoms with Gasteiger partial charge < -0.3 is 10.0 Å². The highest BCUT2D eigenvalue weighted by molar-refractivity contribution is 9.11. The quantitative estimate of drug-likeness (QED) is 0.850. The Labute approximate surface area is 130 Å². The summed E-state index contributed by atoms with van der Waals surface area (Å²) in [6, 6.07) is 7.33. The van der Waals surface area contributed by atoms with Gasteiger partial charge in [-0.15, -0.1) is 11.3 Å². The van der Waals surface area contributed by atoms with Crippen molar-refractivity contribution in [3.05, 3.63) is 49.6 Å². The number of aryl methyl sites for hydroxylation is 1. The Balaban J connectivity index is 1.84. The van der Waals surface area contributed by atoms with E-state index < -0.39 is 0 Å². The molecule has 2 aromatic rings. The number of benzene rings is 1. The number of carbonyl (C=O) groups is 1. The maximum atomic E-state index is 12.5. The molecule has 5 heteroatoms. The van der Waals surface area contributed by atoms with Gasteiger partial charge in [-0.3, -0.25) is 4.79 Å². The molecule has 0 bridgehead atoms. The second-order valence-corrected chi connectivity index (χ2v) is 7.37. The molecule has 0 spiro atoms. The Morgan fingerprint density at radius 2 is 2.15 bits per heavy atom. The second-order valence-electron chi connectivity index (χ2n) is 5.00. The standard InChI is InChI=1S/C15H14BrNO2S/c1-9-6-13(20-14(9)16)15(19)17-5-4-10-2-3-12(18)7-11(10)8-17/h2-3,6-7,18H,4-5,8H2,1H3. The third-order valence-electron chi connectivity index (χ3n) is 3.56. The average molecular weight is 352 g/mol. The monoisotopic (exact) mass is 351 g/mol. The second kappa shape index (κ2) is 5.22. The molecule has 2 heterocycles. The summed E-state index contributed by atoms with van der Waals surface area (Å²) in [5.74, 6) is 0.325. The number of aromatic hydroxyl groups is 1. The number of phenols is 1. The highest BCUT2D eigenvalue weighted by Gasteiger charge is 2.23. The van der Waals surface area contributed by atoms with Crippen LogP contribution in [-0.2, 0) is 13.0 Å². The molecule has 0 unspecified atom stereocenters. The van der Waals surface area contributed by atoms with Crippen molar-refractivity contribution < 1.29 is 9.90 Å². The summed E-state index contributed by atoms with van der Waals surface area (Å²) in [6.07, 6.45) is 0.840. The van der Waals surface area contributed by atoms with Crippen LogP contribution >= 0.6 is 27.3 Å². The van der Waals surface area contributed by atoms with E-state index in [1.807, 2.05) is 24.0 Å². The fraction of sp³-hybridized carbons (Fsp3) is 0.267. The molecule has 104 valence electrons. The molecule has 1 N–H and O–H groups in total. The van der Waals surface area contributed by atoms with E-state index in [9.17, 15) is 9.90 Å². The lowest BCUT2D eigenvalue weighted by Gasteiger charge is -2.28. The van der Waals surface area contributed by atoms with Crippen molar-refractivity contribution in [1.82, 2.24) is 4.90 Å². The number of rotatable bonds is 1. The van der Waals surface area contributed by atoms with Crippen molar-refractivity contribution in [2.75, 3.05) is 6.54 Å². The number of amides is 1. The zero-order valence-electron chi connectivity index (χ0n) is 11.0. The zero-order chi connectivity index (χ0) is 14.3. The van der Waals surface area contributed by atoms with E-state index in [2.05, 4.69) is 15.9 Å². The van der Waals surface area contributed by atoms with Crippen LogP contribution in [0.15, 0.2) is 28.1 Å². The van der Waals surface area contributed by atoms with Crippen molar-refractivity contribution in [2.45, 2.75) is 19.9 Å². The van der Waals surface area contributed by atoms with E-state index in [-0.39, 0.29) is 11.7 Å². The minimum atomic E-state index is 0.0674. The number of carbonyl (C=O) groups excluding carboxylic acids is 1. The van der Waals surface area contributed by atoms with E-state index in [0.29, 0.717) is 6.54 Å². The Hall–Kier alpha value is -1.33. The van der Waals surface area contributed by atoms with Crippen LogP contribution in [0.5, 0.6) is 5.75 Å². The highest BCUT2D eigenvalue weighted by atomic mass is 79.9. The van der Waals surface area contributed by atoms with Crippen LogP contribution in [0, 0.1) is 6.92 Å². The molecule has 1 aromatic carbocycles. The largest absolute Gasteiger partial charge is 0.508 e. The first kappa shape index (κ1) is 13.6. The lowest BCUT2D eigenvalue weighted by molar-refractivity contribution is 0.0739. The zero-order valence-corrected chi connectivity index (χ0v) is 13.4. The third kappa shape index (κ3) is 2.47. The summed E-state index contributed by atoms with van der Waals surface area (Å²) in [7, 11) is 0. The maximum absolute atomic E-state index is 12.5. The molecule has 0 radical (unpaired) electrons. The van der Waals surface area contributed by atoms with Gasteiger partial charge in [0.05, 0.1) is 8.66 Å². The summed E-state index contributed by atoms with van der Waals surface area (Å²) in [4.78, 5) is 15.1. The van der Waals surface area contributed by atoms with Crippen molar-refractivity contribution in [3.63, 3.8) is 0 Å². The van der Waals surface area contributed by atoms with Gasteiger partial charge in [-0.25, -0.2) is 0 Å². The molecule has 1 amide bonds. The molecule has 3 rings (SSSR count). The molecular weight excluding hydrogens is 338 g/mol. The fourth-order valence-corrected chi connectivity index (χ4v) is 3.94. The van der Waals surface area contributed by atoms with Gasteiger partial charge in [0.25, 0.3) is 5.91 Å². The van der Waals surface area contributed by atoms with E-state index in [4.69, 9.17) is 0 Å². The van der Waals surface area contributed by atoms with Crippen LogP contribution in [0.1, 0.15) is 26.4 Å². The number of halogens is 1. The van der Waals surface area contributed by atoms with Gasteiger partial charge in [0.15, 0.2) is 0 Å². The fourth-order valence-electron chi connectivity index (χ4n) is 2.44. The lowest BCUT2D eigenvalue weighted by Crippen LogP contribution is -2.35. The topological polar surface area (TPSA) is 40.5 Å². The molecular formula is C15H14BrNO2S. The van der Waals surface area contributed by atoms with Crippen LogP contribution in [-0.4, -0.2) is 22.5 Å². The molecule has 0 fully saturated rings. The van der Waals surface area contributed by atoms with Crippen molar-refractivity contribution in [2.24, 2.45) is 0 Å². The minimum Gasteiger partial charge on any atom is -0.508 e. The summed E-state index contributed by atoms with van der Waals surface area (Å²) in [5.41, 5.74) is 3.35. The lowest BCUT2D eigenvalue weighted by atomic mass is 9.99. The third-order valence-corrected chi connectivity index (χ3v) is 5.68. The predicted octanol–water partition coefficient (Wildman–Crippen LogP) is 3.72. The number of thiophene rings is 1. The van der Waals surface area contributed by atoms with E-state index in [1.165, 1.54) is 16.9 Å². The number of nitrogens with zero attached hydrogens (tertiary/aromatic N) is 1. The number of hydrogen-bond donors (Lipinski definition) is 1. The van der Waals surface area contributed by atoms with Crippen molar-refractivity contribution in [3.8, 4) is 5.75 Å². The van der Waals surface area contributed by atoms with Crippen LogP contribution in [0.4, 0.5) is 0 Å². The molecule has 1 aliphatic heterocycles. The maximum Gasteiger partial charge on any atom is 0.264 e. The SMILES string of the molecule is Cc1cc(C(=O)N2CCc3ccc(O)cc3C2)sc1Br. The summed E-state index contributed by atoms with van der Waals surface area (Å²) >= 11 is 4.94. The molecule has 20 heavy (non-hydrogen) atoms. The molecule has 0 aliphatic carbocycles. The molecule has 1 aromatic heterocycles. The first-order valence-electron chi connectivity index (χ1n) is 6.40. The molecule has 0 atom stereocenters. The molecule has 3 nitrogen and oxygen atoms in total. The van der Waals surface area contributed by atoms with Gasteiger partial charge in [0.2, 0.25) is 0 Å². The molecule has 0 saturated heterocycles. The van der Waals surface area contributed by atoms with E-state index >= 15 is 0 Å². The van der Waals surface area contributed by atoms with Crippen LogP contribution in [0.3, 0.4) is 0 Å². The van der Waals surface area contributed by atoms with Gasteiger partial charge >= 0.3 is 0 Å². The smallest absolute Gasteiger partial charge is 0.264 e. The minimum absolute atomic E-state index is 0.0674. The van der Waals surface area contributed by atoms with Gasteiger partial charge in [0, 0.05) is 13.1 Å². The summed E-state index contributed by atoms with van der Waals surface area (Å²) in [5, 5.41) is 9.56. The van der Waals surface area contributed by atoms with E-state index in [1.54, 1.807) is 12.1 Å². The Bertz CT molecular complexity index is 661. The molecule has 0 saturated carbocycles. The van der Waals surface area contributed by atoms with Crippen LogP contribution in [0.25, 0.3) is 0 Å². The summed E-state index contributed by atoms with van der Waals surface area (Å²) in [6.45, 7) is 3.28. The summed E-state index contributed by atoms with van der Waals surface area (Å²) < 4.78 is 1.01. The van der Waals surface area contributed by atoms with Crippen LogP contribution in [0.2, 0.25) is 0 Å². The first-order valence-corrected chi connectivity index (χ1v) is 8.01. The number of phenolic OH excluding ortho intramolecular Hbond substituents is 1. The van der Waals surface area contributed by atoms with Crippen molar-refractivity contribution >= 4 is 33.2 Å². The van der Waals surface area contributed by atoms with Crippen LogP contribution < -0.4 is 0 Å². The highest BCUT2D eigenvalue weighted by Crippen LogP contribution is 2.30. The average Bonchev–Trinajstić information content (AvgIpc) is 2.77. The van der Waals surface area contributed by atoms with Gasteiger partial charge in [0.1, 0.15) is 5.75 Å². The Kier molecular flexibility index (Phi) is 3.56. The van der Waals surface area contributed by atoms with E-state index in [0.717, 1.165) is 32.8 Å². The number of hydrogen-bond acceptors (Lipinski definition) is 3. The number of fused-ring (bicyclic) bond motifs is 1.